The molecule has 4 heteroatoms. The summed E-state index contributed by atoms with van der Waals surface area (Å²) in [7, 11) is 0. The van der Waals surface area contributed by atoms with Gasteiger partial charge in [0.05, 0.1) is 0 Å². The molecule has 0 aromatic carbocycles. The van der Waals surface area contributed by atoms with Crippen molar-refractivity contribution >= 4 is 11.8 Å². The van der Waals surface area contributed by atoms with E-state index in [0.717, 1.165) is 25.9 Å². The van der Waals surface area contributed by atoms with Crippen molar-refractivity contribution in [3.63, 3.8) is 0 Å². The summed E-state index contributed by atoms with van der Waals surface area (Å²) in [5.74, 6) is 0.793. The molecule has 4 nitrogen and oxygen atoms in total. The average molecular weight is 224 g/mol. The van der Waals surface area contributed by atoms with E-state index in [4.69, 9.17) is 0 Å². The maximum absolute atomic E-state index is 12.1. The van der Waals surface area contributed by atoms with E-state index in [2.05, 4.69) is 12.2 Å². The molecule has 2 fully saturated rings. The van der Waals surface area contributed by atoms with Gasteiger partial charge >= 0.3 is 0 Å². The zero-order valence-corrected chi connectivity index (χ0v) is 9.87. The molecular weight excluding hydrogens is 204 g/mol. The van der Waals surface area contributed by atoms with Crippen LogP contribution in [0.15, 0.2) is 0 Å². The van der Waals surface area contributed by atoms with Crippen molar-refractivity contribution in [3.8, 4) is 0 Å². The standard InChI is InChI=1S/C12H20N2O2/c1-2-9-4-3-7-14(8-9)12(16)10-5-6-11(15)13-10/h9-10H,2-8H2,1H3,(H,13,15). The molecule has 90 valence electrons. The van der Waals surface area contributed by atoms with Crippen LogP contribution >= 0.6 is 0 Å². The predicted molar refractivity (Wildman–Crippen MR) is 60.8 cm³/mol. The molecule has 2 aliphatic rings. The summed E-state index contributed by atoms with van der Waals surface area (Å²) in [4.78, 5) is 25.1. The van der Waals surface area contributed by atoms with E-state index in [1.165, 1.54) is 6.42 Å². The van der Waals surface area contributed by atoms with Crippen LogP contribution in [0.2, 0.25) is 0 Å². The lowest BCUT2D eigenvalue weighted by molar-refractivity contribution is -0.136. The fourth-order valence-electron chi connectivity index (χ4n) is 2.62. The van der Waals surface area contributed by atoms with Gasteiger partial charge in [0.2, 0.25) is 11.8 Å². The van der Waals surface area contributed by atoms with Gasteiger partial charge in [0.15, 0.2) is 0 Å². The number of nitrogens with zero attached hydrogens (tertiary/aromatic N) is 1. The summed E-state index contributed by atoms with van der Waals surface area (Å²) in [6, 6.07) is -0.247. The van der Waals surface area contributed by atoms with Gasteiger partial charge in [0.25, 0.3) is 0 Å². The third-order valence-corrected chi connectivity index (χ3v) is 3.70. The minimum Gasteiger partial charge on any atom is -0.344 e. The number of hydrogen-bond donors (Lipinski definition) is 1. The summed E-state index contributed by atoms with van der Waals surface area (Å²) in [5, 5.41) is 2.75. The van der Waals surface area contributed by atoms with Gasteiger partial charge in [0.1, 0.15) is 6.04 Å². The maximum atomic E-state index is 12.1. The molecule has 0 aromatic rings. The van der Waals surface area contributed by atoms with Crippen molar-refractivity contribution in [1.29, 1.82) is 0 Å². The third kappa shape index (κ3) is 2.36. The van der Waals surface area contributed by atoms with Crippen molar-refractivity contribution in [3.05, 3.63) is 0 Å². The molecule has 2 rings (SSSR count). The van der Waals surface area contributed by atoms with Crippen LogP contribution in [0, 0.1) is 5.92 Å². The molecule has 2 aliphatic heterocycles. The topological polar surface area (TPSA) is 49.4 Å². The Hall–Kier alpha value is -1.06. The van der Waals surface area contributed by atoms with Crippen LogP contribution in [0.25, 0.3) is 0 Å². The quantitative estimate of drug-likeness (QED) is 0.758. The smallest absolute Gasteiger partial charge is 0.245 e. The third-order valence-electron chi connectivity index (χ3n) is 3.70. The normalized spacial score (nSPS) is 30.3. The molecule has 0 aliphatic carbocycles. The van der Waals surface area contributed by atoms with Crippen LogP contribution in [-0.4, -0.2) is 35.8 Å². The Balaban J connectivity index is 1.91. The molecular formula is C12H20N2O2. The van der Waals surface area contributed by atoms with Crippen LogP contribution in [0.3, 0.4) is 0 Å². The van der Waals surface area contributed by atoms with Gasteiger partial charge in [-0.15, -0.1) is 0 Å². The van der Waals surface area contributed by atoms with E-state index < -0.39 is 0 Å². The van der Waals surface area contributed by atoms with Gasteiger partial charge in [-0.3, -0.25) is 9.59 Å². The minimum absolute atomic E-state index is 0.0161. The Morgan fingerprint density at radius 1 is 1.50 bits per heavy atom. The van der Waals surface area contributed by atoms with Crippen LogP contribution in [0.5, 0.6) is 0 Å². The number of rotatable bonds is 2. The molecule has 0 radical (unpaired) electrons. The first kappa shape index (κ1) is 11.4. The summed E-state index contributed by atoms with van der Waals surface area (Å²) in [5.41, 5.74) is 0. The second-order valence-corrected chi connectivity index (χ2v) is 4.86. The predicted octanol–water partition coefficient (Wildman–Crippen LogP) is 0.914. The molecule has 2 amide bonds. The summed E-state index contributed by atoms with van der Waals surface area (Å²) in [6.45, 7) is 3.92. The molecule has 0 bridgehead atoms. The first-order valence-corrected chi connectivity index (χ1v) is 6.29. The molecule has 0 aromatic heterocycles. The zero-order chi connectivity index (χ0) is 11.5. The lowest BCUT2D eigenvalue weighted by Gasteiger charge is -2.33. The molecule has 16 heavy (non-hydrogen) atoms. The monoisotopic (exact) mass is 224 g/mol. The largest absolute Gasteiger partial charge is 0.344 e. The van der Waals surface area contributed by atoms with Crippen LogP contribution in [0.4, 0.5) is 0 Å². The van der Waals surface area contributed by atoms with E-state index in [9.17, 15) is 9.59 Å². The number of carbonyl (C=O) groups is 2. The number of nitrogens with one attached hydrogen (secondary N) is 1. The van der Waals surface area contributed by atoms with Gasteiger partial charge in [-0.05, 0) is 25.2 Å². The van der Waals surface area contributed by atoms with Crippen molar-refractivity contribution < 1.29 is 9.59 Å². The lowest BCUT2D eigenvalue weighted by Crippen LogP contribution is -2.48. The van der Waals surface area contributed by atoms with E-state index in [1.54, 1.807) is 0 Å². The van der Waals surface area contributed by atoms with Crippen molar-refractivity contribution in [2.24, 2.45) is 5.92 Å². The van der Waals surface area contributed by atoms with Gasteiger partial charge in [-0.1, -0.05) is 13.3 Å². The SMILES string of the molecule is CCC1CCCN(C(=O)C2CCC(=O)N2)C1. The number of piperidine rings is 1. The van der Waals surface area contributed by atoms with Crippen molar-refractivity contribution in [1.82, 2.24) is 10.2 Å². The van der Waals surface area contributed by atoms with Crippen molar-refractivity contribution in [2.45, 2.75) is 45.1 Å². The molecule has 0 spiro atoms. The fraction of sp³-hybridized carbons (Fsp3) is 0.833. The second-order valence-electron chi connectivity index (χ2n) is 4.86. The second kappa shape index (κ2) is 4.85. The summed E-state index contributed by atoms with van der Waals surface area (Å²) < 4.78 is 0. The molecule has 2 heterocycles. The van der Waals surface area contributed by atoms with Crippen LogP contribution < -0.4 is 5.32 Å². The van der Waals surface area contributed by atoms with Crippen molar-refractivity contribution in [2.75, 3.05) is 13.1 Å². The Morgan fingerprint density at radius 3 is 2.94 bits per heavy atom. The highest BCUT2D eigenvalue weighted by molar-refractivity contribution is 5.90. The first-order valence-electron chi connectivity index (χ1n) is 6.29. The van der Waals surface area contributed by atoms with Gasteiger partial charge in [-0.2, -0.15) is 0 Å². The summed E-state index contributed by atoms with van der Waals surface area (Å²) in [6.07, 6.45) is 4.65. The van der Waals surface area contributed by atoms with Crippen LogP contribution in [-0.2, 0) is 9.59 Å². The fourth-order valence-corrected chi connectivity index (χ4v) is 2.62. The van der Waals surface area contributed by atoms with E-state index in [-0.39, 0.29) is 17.9 Å². The van der Waals surface area contributed by atoms with E-state index in [1.807, 2.05) is 4.90 Å². The molecule has 2 atom stereocenters. The molecule has 2 unspecified atom stereocenters. The van der Waals surface area contributed by atoms with E-state index in [0.29, 0.717) is 18.8 Å². The Labute approximate surface area is 96.4 Å². The summed E-state index contributed by atoms with van der Waals surface area (Å²) >= 11 is 0. The minimum atomic E-state index is -0.247. The highest BCUT2D eigenvalue weighted by Crippen LogP contribution is 2.21. The Bertz CT molecular complexity index is 291. The average Bonchev–Trinajstić information content (AvgIpc) is 2.75. The lowest BCUT2D eigenvalue weighted by atomic mass is 9.95. The number of amides is 2. The molecule has 2 saturated heterocycles. The first-order chi connectivity index (χ1) is 7.70. The van der Waals surface area contributed by atoms with Gasteiger partial charge in [-0.25, -0.2) is 0 Å². The van der Waals surface area contributed by atoms with E-state index >= 15 is 0 Å². The van der Waals surface area contributed by atoms with Gasteiger partial charge < -0.3 is 10.2 Å². The maximum Gasteiger partial charge on any atom is 0.245 e. The van der Waals surface area contributed by atoms with Crippen LogP contribution in [0.1, 0.15) is 39.0 Å². The highest BCUT2D eigenvalue weighted by Gasteiger charge is 2.32. The molecule has 1 N–H and O–H groups in total. The van der Waals surface area contributed by atoms with Gasteiger partial charge in [0, 0.05) is 19.5 Å². The molecule has 0 saturated carbocycles. The zero-order valence-electron chi connectivity index (χ0n) is 9.87. The Morgan fingerprint density at radius 2 is 2.31 bits per heavy atom. The number of hydrogen-bond acceptors (Lipinski definition) is 2. The Kier molecular flexibility index (Phi) is 3.46. The number of carbonyl (C=O) groups excluding carboxylic acids is 2. The number of likely N-dealkylation sites (tertiary alicyclic amines) is 1. The highest BCUT2D eigenvalue weighted by atomic mass is 16.2.